The summed E-state index contributed by atoms with van der Waals surface area (Å²) in [5.41, 5.74) is 1.92. The summed E-state index contributed by atoms with van der Waals surface area (Å²) in [7, 11) is 0. The maximum Gasteiger partial charge on any atom is 0.175 e. The molecule has 0 saturated heterocycles. The van der Waals surface area contributed by atoms with Crippen LogP contribution < -0.4 is 0 Å². The molecule has 1 aromatic heterocycles. The number of halogens is 1. The Morgan fingerprint density at radius 3 is 2.78 bits per heavy atom. The van der Waals surface area contributed by atoms with Crippen LogP contribution in [-0.2, 0) is 0 Å². The van der Waals surface area contributed by atoms with Crippen molar-refractivity contribution in [2.24, 2.45) is 5.92 Å². The summed E-state index contributed by atoms with van der Waals surface area (Å²) in [5, 5.41) is 0. The summed E-state index contributed by atoms with van der Waals surface area (Å²) in [5.74, 6) is 0.254. The maximum atomic E-state index is 13.3. The summed E-state index contributed by atoms with van der Waals surface area (Å²) in [6, 6.07) is 8.55. The standard InChI is InChI=1S/C15H13FOS/c1-9-2-5-11(16)8-12(9)13-6-7-14(18-13)15(17)10-3-4-10/h2,5-8,10H,3-4H2,1H3. The van der Waals surface area contributed by atoms with Crippen LogP contribution in [0.15, 0.2) is 30.3 Å². The molecule has 0 spiro atoms. The summed E-state index contributed by atoms with van der Waals surface area (Å²) in [6.45, 7) is 1.96. The van der Waals surface area contributed by atoms with Crippen molar-refractivity contribution in [1.29, 1.82) is 0 Å². The lowest BCUT2D eigenvalue weighted by Crippen LogP contribution is -1.96. The van der Waals surface area contributed by atoms with E-state index in [2.05, 4.69) is 0 Å². The molecule has 3 heteroatoms. The molecule has 92 valence electrons. The molecule has 0 unspecified atom stereocenters. The summed E-state index contributed by atoms with van der Waals surface area (Å²) in [6.07, 6.45) is 2.04. The maximum absolute atomic E-state index is 13.3. The number of Topliss-reactive ketones (excluding diaryl/α,β-unsaturated/α-hetero) is 1. The largest absolute Gasteiger partial charge is 0.293 e. The van der Waals surface area contributed by atoms with Gasteiger partial charge in [-0.1, -0.05) is 6.07 Å². The van der Waals surface area contributed by atoms with Crippen LogP contribution in [0.3, 0.4) is 0 Å². The first kappa shape index (κ1) is 11.6. The fraction of sp³-hybridized carbons (Fsp3) is 0.267. The van der Waals surface area contributed by atoms with Gasteiger partial charge < -0.3 is 0 Å². The Labute approximate surface area is 109 Å². The number of hydrogen-bond acceptors (Lipinski definition) is 2. The van der Waals surface area contributed by atoms with Gasteiger partial charge in [0.1, 0.15) is 5.82 Å². The van der Waals surface area contributed by atoms with E-state index < -0.39 is 0 Å². The zero-order valence-electron chi connectivity index (χ0n) is 10.1. The van der Waals surface area contributed by atoms with Crippen molar-refractivity contribution >= 4 is 17.1 Å². The van der Waals surface area contributed by atoms with Crippen molar-refractivity contribution in [2.75, 3.05) is 0 Å². The van der Waals surface area contributed by atoms with E-state index in [4.69, 9.17) is 0 Å². The van der Waals surface area contributed by atoms with Gasteiger partial charge in [0, 0.05) is 10.8 Å². The first-order valence-electron chi connectivity index (χ1n) is 6.06. The molecule has 1 aromatic carbocycles. The fourth-order valence-electron chi connectivity index (χ4n) is 2.02. The van der Waals surface area contributed by atoms with E-state index in [0.717, 1.165) is 33.7 Å². The molecule has 1 heterocycles. The van der Waals surface area contributed by atoms with E-state index in [1.807, 2.05) is 19.1 Å². The van der Waals surface area contributed by atoms with Crippen molar-refractivity contribution in [1.82, 2.24) is 0 Å². The minimum Gasteiger partial charge on any atom is -0.293 e. The van der Waals surface area contributed by atoms with Crippen molar-refractivity contribution in [3.63, 3.8) is 0 Å². The first-order valence-corrected chi connectivity index (χ1v) is 6.87. The van der Waals surface area contributed by atoms with Crippen LogP contribution in [0.1, 0.15) is 28.1 Å². The summed E-state index contributed by atoms with van der Waals surface area (Å²) in [4.78, 5) is 13.7. The average molecular weight is 260 g/mol. The van der Waals surface area contributed by atoms with Crippen LogP contribution in [0.4, 0.5) is 4.39 Å². The third-order valence-electron chi connectivity index (χ3n) is 3.26. The molecule has 1 saturated carbocycles. The molecule has 0 amide bonds. The van der Waals surface area contributed by atoms with Gasteiger partial charge in [-0.3, -0.25) is 4.79 Å². The van der Waals surface area contributed by atoms with Crippen LogP contribution in [0.25, 0.3) is 10.4 Å². The van der Waals surface area contributed by atoms with Crippen LogP contribution >= 0.6 is 11.3 Å². The molecule has 1 fully saturated rings. The zero-order valence-corrected chi connectivity index (χ0v) is 10.9. The fourth-order valence-corrected chi connectivity index (χ4v) is 3.13. The number of ketones is 1. The van der Waals surface area contributed by atoms with Gasteiger partial charge in [0.05, 0.1) is 4.88 Å². The third-order valence-corrected chi connectivity index (χ3v) is 4.40. The highest BCUT2D eigenvalue weighted by atomic mass is 32.1. The van der Waals surface area contributed by atoms with Crippen molar-refractivity contribution in [3.05, 3.63) is 46.6 Å². The number of thiophene rings is 1. The van der Waals surface area contributed by atoms with E-state index in [1.54, 1.807) is 6.07 Å². The van der Waals surface area contributed by atoms with Crippen LogP contribution in [0.2, 0.25) is 0 Å². The molecule has 1 aliphatic rings. The number of carbonyl (C=O) groups is 1. The van der Waals surface area contributed by atoms with Gasteiger partial charge in [0.15, 0.2) is 5.78 Å². The molecular weight excluding hydrogens is 247 g/mol. The smallest absolute Gasteiger partial charge is 0.175 e. The van der Waals surface area contributed by atoms with E-state index in [1.165, 1.54) is 23.5 Å². The molecule has 0 radical (unpaired) electrons. The molecule has 18 heavy (non-hydrogen) atoms. The Hall–Kier alpha value is -1.48. The predicted octanol–water partition coefficient (Wildman–Crippen LogP) is 4.46. The second kappa shape index (κ2) is 4.32. The molecule has 0 aliphatic heterocycles. The lowest BCUT2D eigenvalue weighted by atomic mass is 10.1. The minimum absolute atomic E-state index is 0.237. The minimum atomic E-state index is -0.237. The van der Waals surface area contributed by atoms with Gasteiger partial charge in [-0.25, -0.2) is 4.39 Å². The number of benzene rings is 1. The SMILES string of the molecule is Cc1ccc(F)cc1-c1ccc(C(=O)C2CC2)s1. The molecule has 3 rings (SSSR count). The predicted molar refractivity (Wildman–Crippen MR) is 71.5 cm³/mol. The van der Waals surface area contributed by atoms with Gasteiger partial charge >= 0.3 is 0 Å². The monoisotopic (exact) mass is 260 g/mol. The third kappa shape index (κ3) is 2.10. The number of rotatable bonds is 3. The lowest BCUT2D eigenvalue weighted by Gasteiger charge is -2.02. The van der Waals surface area contributed by atoms with Gasteiger partial charge in [-0.2, -0.15) is 0 Å². The molecule has 1 aliphatic carbocycles. The normalized spacial score (nSPS) is 14.8. The molecule has 1 nitrogen and oxygen atoms in total. The summed E-state index contributed by atoms with van der Waals surface area (Å²) >= 11 is 1.47. The Morgan fingerprint density at radius 1 is 1.28 bits per heavy atom. The van der Waals surface area contributed by atoms with E-state index >= 15 is 0 Å². The highest BCUT2D eigenvalue weighted by Crippen LogP contribution is 2.37. The number of carbonyl (C=O) groups excluding carboxylic acids is 1. The Morgan fingerprint density at radius 2 is 2.06 bits per heavy atom. The number of hydrogen-bond donors (Lipinski definition) is 0. The van der Waals surface area contributed by atoms with Crippen LogP contribution in [0, 0.1) is 18.7 Å². The van der Waals surface area contributed by atoms with Gasteiger partial charge in [0.2, 0.25) is 0 Å². The zero-order chi connectivity index (χ0) is 12.7. The molecule has 2 aromatic rings. The van der Waals surface area contributed by atoms with Crippen molar-refractivity contribution < 1.29 is 9.18 Å². The van der Waals surface area contributed by atoms with Crippen molar-refractivity contribution in [2.45, 2.75) is 19.8 Å². The van der Waals surface area contributed by atoms with Gasteiger partial charge in [-0.15, -0.1) is 11.3 Å². The highest BCUT2D eigenvalue weighted by Gasteiger charge is 2.31. The second-order valence-electron chi connectivity index (χ2n) is 4.76. The first-order chi connectivity index (χ1) is 8.65. The second-order valence-corrected chi connectivity index (χ2v) is 5.85. The topological polar surface area (TPSA) is 17.1 Å². The average Bonchev–Trinajstić information content (AvgIpc) is 3.09. The molecule has 0 atom stereocenters. The van der Waals surface area contributed by atoms with Gasteiger partial charge in [0.25, 0.3) is 0 Å². The Kier molecular flexibility index (Phi) is 2.78. The molecule has 0 bridgehead atoms. The quantitative estimate of drug-likeness (QED) is 0.745. The lowest BCUT2D eigenvalue weighted by molar-refractivity contribution is 0.0971. The molecule has 0 N–H and O–H groups in total. The summed E-state index contributed by atoms with van der Waals surface area (Å²) < 4.78 is 13.3. The number of aryl methyl sites for hydroxylation is 1. The van der Waals surface area contributed by atoms with Crippen LogP contribution in [0.5, 0.6) is 0 Å². The van der Waals surface area contributed by atoms with E-state index in [0.29, 0.717) is 0 Å². The highest BCUT2D eigenvalue weighted by molar-refractivity contribution is 7.17. The van der Waals surface area contributed by atoms with Crippen LogP contribution in [-0.4, -0.2) is 5.78 Å². The van der Waals surface area contributed by atoms with E-state index in [-0.39, 0.29) is 17.5 Å². The van der Waals surface area contributed by atoms with Gasteiger partial charge in [-0.05, 0) is 55.2 Å². The Bertz CT molecular complexity index is 611. The Balaban J connectivity index is 1.97. The van der Waals surface area contributed by atoms with Crippen molar-refractivity contribution in [3.8, 4) is 10.4 Å². The van der Waals surface area contributed by atoms with E-state index in [9.17, 15) is 9.18 Å². The molecular formula is C15H13FOS.